The Morgan fingerprint density at radius 2 is 2.05 bits per heavy atom. The minimum absolute atomic E-state index is 0.00947. The van der Waals surface area contributed by atoms with Crippen molar-refractivity contribution in [1.29, 1.82) is 0 Å². The van der Waals surface area contributed by atoms with Gasteiger partial charge in [0.05, 0.1) is 0 Å². The summed E-state index contributed by atoms with van der Waals surface area (Å²) in [5.74, 6) is 0.307. The second kappa shape index (κ2) is 6.75. The van der Waals surface area contributed by atoms with Crippen molar-refractivity contribution in [3.63, 3.8) is 0 Å². The van der Waals surface area contributed by atoms with Crippen LogP contribution in [0.1, 0.15) is 33.1 Å². The van der Waals surface area contributed by atoms with Crippen LogP contribution in [0.15, 0.2) is 24.3 Å². The van der Waals surface area contributed by atoms with Gasteiger partial charge in [0.1, 0.15) is 0 Å². The van der Waals surface area contributed by atoms with Crippen molar-refractivity contribution in [3.05, 3.63) is 24.3 Å². The summed E-state index contributed by atoms with van der Waals surface area (Å²) in [5.41, 5.74) is 7.98. The van der Waals surface area contributed by atoms with E-state index in [0.717, 1.165) is 18.8 Å². The summed E-state index contributed by atoms with van der Waals surface area (Å²) < 4.78 is 0. The van der Waals surface area contributed by atoms with Crippen molar-refractivity contribution in [2.24, 2.45) is 11.7 Å². The molecular formula is C16H25N3O. The summed E-state index contributed by atoms with van der Waals surface area (Å²) in [4.78, 5) is 14.3. The summed E-state index contributed by atoms with van der Waals surface area (Å²) in [6.45, 7) is 6.28. The zero-order valence-electron chi connectivity index (χ0n) is 12.4. The van der Waals surface area contributed by atoms with Gasteiger partial charge in [0.2, 0.25) is 5.91 Å². The van der Waals surface area contributed by atoms with E-state index in [1.54, 1.807) is 0 Å². The van der Waals surface area contributed by atoms with Crippen molar-refractivity contribution >= 4 is 17.3 Å². The molecule has 1 atom stereocenters. The number of carbonyl (C=O) groups excluding carboxylic acids is 1. The van der Waals surface area contributed by atoms with Crippen molar-refractivity contribution in [2.45, 2.75) is 39.2 Å². The van der Waals surface area contributed by atoms with Crippen LogP contribution >= 0.6 is 0 Å². The molecule has 1 saturated heterocycles. The Balaban J connectivity index is 1.95. The van der Waals surface area contributed by atoms with E-state index in [-0.39, 0.29) is 11.9 Å². The molecule has 0 aliphatic carbocycles. The number of nitrogens with two attached hydrogens (primary N) is 1. The Bertz CT molecular complexity index is 453. The first-order valence-corrected chi connectivity index (χ1v) is 7.46. The number of hydrogen-bond acceptors (Lipinski definition) is 3. The summed E-state index contributed by atoms with van der Waals surface area (Å²) in [6, 6.07) is 7.98. The molecule has 1 amide bonds. The second-order valence-electron chi connectivity index (χ2n) is 5.90. The average Bonchev–Trinajstić information content (AvgIpc) is 2.92. The molecule has 4 nitrogen and oxygen atoms in total. The molecule has 20 heavy (non-hydrogen) atoms. The lowest BCUT2D eigenvalue weighted by Gasteiger charge is -2.19. The topological polar surface area (TPSA) is 58.4 Å². The molecule has 2 rings (SSSR count). The van der Waals surface area contributed by atoms with E-state index < -0.39 is 0 Å². The van der Waals surface area contributed by atoms with E-state index in [2.05, 4.69) is 16.3 Å². The summed E-state index contributed by atoms with van der Waals surface area (Å²) in [5, 5.41) is 2.95. The van der Waals surface area contributed by atoms with Crippen molar-refractivity contribution < 1.29 is 4.79 Å². The minimum atomic E-state index is -0.0863. The zero-order chi connectivity index (χ0) is 14.5. The highest BCUT2D eigenvalue weighted by molar-refractivity contribution is 5.91. The quantitative estimate of drug-likeness (QED) is 0.868. The molecule has 4 heteroatoms. The van der Waals surface area contributed by atoms with Crippen molar-refractivity contribution in [1.82, 2.24) is 0 Å². The number of hydrogen-bond donors (Lipinski definition) is 2. The van der Waals surface area contributed by atoms with E-state index in [1.807, 2.05) is 32.0 Å². The Hall–Kier alpha value is -1.55. The van der Waals surface area contributed by atoms with Crippen LogP contribution in [0.4, 0.5) is 11.4 Å². The zero-order valence-corrected chi connectivity index (χ0v) is 12.4. The van der Waals surface area contributed by atoms with Crippen LogP contribution in [-0.2, 0) is 4.79 Å². The molecule has 0 saturated carbocycles. The smallest absolute Gasteiger partial charge is 0.225 e. The predicted octanol–water partition coefficient (Wildman–Crippen LogP) is 2.60. The van der Waals surface area contributed by atoms with E-state index >= 15 is 0 Å². The molecule has 0 spiro atoms. The third-order valence-electron chi connectivity index (χ3n) is 3.88. The molecule has 0 aromatic heterocycles. The number of carbonyl (C=O) groups is 1. The van der Waals surface area contributed by atoms with Crippen LogP contribution < -0.4 is 16.0 Å². The van der Waals surface area contributed by atoms with Gasteiger partial charge in [-0.1, -0.05) is 19.9 Å². The van der Waals surface area contributed by atoms with Gasteiger partial charge in [-0.2, -0.15) is 0 Å². The molecular weight excluding hydrogens is 250 g/mol. The molecule has 1 aliphatic rings. The maximum absolute atomic E-state index is 12.0. The molecule has 1 aromatic carbocycles. The van der Waals surface area contributed by atoms with Gasteiger partial charge >= 0.3 is 0 Å². The number of anilines is 2. The highest BCUT2D eigenvalue weighted by atomic mass is 16.1. The molecule has 110 valence electrons. The van der Waals surface area contributed by atoms with Crippen LogP contribution in [0.2, 0.25) is 0 Å². The van der Waals surface area contributed by atoms with Gasteiger partial charge in [-0.05, 0) is 37.0 Å². The average molecular weight is 275 g/mol. The molecule has 1 fully saturated rings. The fourth-order valence-corrected chi connectivity index (χ4v) is 2.42. The van der Waals surface area contributed by atoms with Gasteiger partial charge in [-0.15, -0.1) is 0 Å². The van der Waals surface area contributed by atoms with Gasteiger partial charge in [0.15, 0.2) is 0 Å². The lowest BCUT2D eigenvalue weighted by Crippen LogP contribution is -2.31. The maximum Gasteiger partial charge on any atom is 0.225 e. The largest absolute Gasteiger partial charge is 0.371 e. The van der Waals surface area contributed by atoms with Crippen LogP contribution in [0.5, 0.6) is 0 Å². The van der Waals surface area contributed by atoms with E-state index in [1.165, 1.54) is 18.5 Å². The maximum atomic E-state index is 12.0. The SMILES string of the molecule is CC(C)C(N)CC(=O)Nc1cccc(N2CCCC2)c1. The van der Waals surface area contributed by atoms with E-state index in [0.29, 0.717) is 12.3 Å². The fraction of sp³-hybridized carbons (Fsp3) is 0.562. The van der Waals surface area contributed by atoms with Crippen LogP contribution in [0, 0.1) is 5.92 Å². The standard InChI is InChI=1S/C16H25N3O/c1-12(2)15(17)11-16(20)18-13-6-5-7-14(10-13)19-8-3-4-9-19/h5-7,10,12,15H,3-4,8-9,11,17H2,1-2H3,(H,18,20). The number of rotatable bonds is 5. The minimum Gasteiger partial charge on any atom is -0.371 e. The predicted molar refractivity (Wildman–Crippen MR) is 83.9 cm³/mol. The van der Waals surface area contributed by atoms with E-state index in [4.69, 9.17) is 5.73 Å². The Kier molecular flexibility index (Phi) is 5.01. The fourth-order valence-electron chi connectivity index (χ4n) is 2.42. The number of nitrogens with zero attached hydrogens (tertiary/aromatic N) is 1. The Morgan fingerprint density at radius 1 is 1.35 bits per heavy atom. The third-order valence-corrected chi connectivity index (χ3v) is 3.88. The molecule has 1 heterocycles. The molecule has 3 N–H and O–H groups in total. The normalized spacial score (nSPS) is 16.5. The molecule has 1 aromatic rings. The lowest BCUT2D eigenvalue weighted by molar-refractivity contribution is -0.116. The summed E-state index contributed by atoms with van der Waals surface area (Å²) in [6.07, 6.45) is 2.87. The van der Waals surface area contributed by atoms with Crippen molar-refractivity contribution in [2.75, 3.05) is 23.3 Å². The van der Waals surface area contributed by atoms with Crippen LogP contribution in [0.3, 0.4) is 0 Å². The summed E-state index contributed by atoms with van der Waals surface area (Å²) >= 11 is 0. The van der Waals surface area contributed by atoms with E-state index in [9.17, 15) is 4.79 Å². The van der Waals surface area contributed by atoms with Gasteiger partial charge in [0.25, 0.3) is 0 Å². The highest BCUT2D eigenvalue weighted by Crippen LogP contribution is 2.23. The highest BCUT2D eigenvalue weighted by Gasteiger charge is 2.15. The summed E-state index contributed by atoms with van der Waals surface area (Å²) in [7, 11) is 0. The van der Waals surface area contributed by atoms with Crippen LogP contribution in [-0.4, -0.2) is 25.0 Å². The monoisotopic (exact) mass is 275 g/mol. The van der Waals surface area contributed by atoms with Gasteiger partial charge in [-0.25, -0.2) is 0 Å². The molecule has 0 radical (unpaired) electrons. The van der Waals surface area contributed by atoms with Gasteiger partial charge < -0.3 is 16.0 Å². The third kappa shape index (κ3) is 3.97. The van der Waals surface area contributed by atoms with Crippen LogP contribution in [0.25, 0.3) is 0 Å². The first kappa shape index (κ1) is 14.9. The van der Waals surface area contributed by atoms with Gasteiger partial charge in [0, 0.05) is 36.9 Å². The first-order chi connectivity index (χ1) is 9.56. The lowest BCUT2D eigenvalue weighted by atomic mass is 10.0. The number of nitrogens with one attached hydrogen (secondary N) is 1. The Morgan fingerprint density at radius 3 is 2.70 bits per heavy atom. The van der Waals surface area contributed by atoms with Crippen molar-refractivity contribution in [3.8, 4) is 0 Å². The molecule has 0 bridgehead atoms. The number of benzene rings is 1. The van der Waals surface area contributed by atoms with Gasteiger partial charge in [-0.3, -0.25) is 4.79 Å². The number of amides is 1. The molecule has 1 aliphatic heterocycles. The molecule has 1 unspecified atom stereocenters. The Labute approximate surface area is 121 Å². The first-order valence-electron chi connectivity index (χ1n) is 7.46. The second-order valence-corrected chi connectivity index (χ2v) is 5.90.